The number of carboxylic acids is 1. The quantitative estimate of drug-likeness (QED) is 0.439. The van der Waals surface area contributed by atoms with E-state index in [4.69, 9.17) is 4.74 Å². The molecule has 0 aliphatic heterocycles. The Hall–Kier alpha value is -3.35. The molecule has 2 aliphatic rings. The predicted molar refractivity (Wildman–Crippen MR) is 133 cm³/mol. The van der Waals surface area contributed by atoms with E-state index < -0.39 is 24.0 Å². The van der Waals surface area contributed by atoms with E-state index >= 15 is 0 Å². The minimum absolute atomic E-state index is 0.0401. The molecule has 0 aromatic heterocycles. The number of hydrogen-bond donors (Lipinski definition) is 3. The third kappa shape index (κ3) is 6.21. The third-order valence-corrected chi connectivity index (χ3v) is 6.84. The van der Waals surface area contributed by atoms with Crippen LogP contribution >= 0.6 is 0 Å². The highest BCUT2D eigenvalue weighted by Crippen LogP contribution is 2.44. The van der Waals surface area contributed by atoms with Crippen molar-refractivity contribution in [1.29, 1.82) is 0 Å². The van der Waals surface area contributed by atoms with Gasteiger partial charge in [-0.25, -0.2) is 9.59 Å². The average Bonchev–Trinajstić information content (AvgIpc) is 3.60. The highest BCUT2D eigenvalue weighted by molar-refractivity contribution is 5.85. The first-order valence-corrected chi connectivity index (χ1v) is 12.5. The molecule has 0 spiro atoms. The van der Waals surface area contributed by atoms with E-state index in [1.165, 1.54) is 0 Å². The van der Waals surface area contributed by atoms with Gasteiger partial charge < -0.3 is 20.5 Å². The van der Waals surface area contributed by atoms with Gasteiger partial charge in [0, 0.05) is 12.5 Å². The Balaban J connectivity index is 1.33. The average molecular weight is 479 g/mol. The Morgan fingerprint density at radius 3 is 2.14 bits per heavy atom. The molecule has 2 atom stereocenters. The molecule has 0 saturated heterocycles. The molecule has 0 bridgehead atoms. The first kappa shape index (κ1) is 24.8. The zero-order valence-electron chi connectivity index (χ0n) is 20.3. The molecule has 7 heteroatoms. The number of aliphatic carboxylic acids is 1. The number of benzene rings is 2. The monoisotopic (exact) mass is 478 g/mol. The fraction of sp³-hybridized carbons (Fsp3) is 0.464. The molecule has 2 amide bonds. The van der Waals surface area contributed by atoms with Crippen LogP contribution in [0.4, 0.5) is 4.79 Å². The Bertz CT molecular complexity index is 1030. The van der Waals surface area contributed by atoms with E-state index in [-0.39, 0.29) is 30.9 Å². The summed E-state index contributed by atoms with van der Waals surface area (Å²) in [6.45, 7) is 4.28. The Morgan fingerprint density at radius 1 is 1.00 bits per heavy atom. The van der Waals surface area contributed by atoms with Gasteiger partial charge >= 0.3 is 12.1 Å². The van der Waals surface area contributed by atoms with Crippen molar-refractivity contribution in [2.75, 3.05) is 13.2 Å². The van der Waals surface area contributed by atoms with Crippen LogP contribution in [-0.2, 0) is 14.3 Å². The van der Waals surface area contributed by atoms with Crippen LogP contribution < -0.4 is 10.6 Å². The number of carbonyl (C=O) groups excluding carboxylic acids is 2. The van der Waals surface area contributed by atoms with Gasteiger partial charge in [-0.3, -0.25) is 4.79 Å². The Morgan fingerprint density at radius 2 is 1.60 bits per heavy atom. The molecule has 2 aromatic rings. The van der Waals surface area contributed by atoms with Crippen molar-refractivity contribution >= 4 is 18.0 Å². The number of rotatable bonds is 11. The van der Waals surface area contributed by atoms with Crippen molar-refractivity contribution in [2.24, 2.45) is 17.8 Å². The van der Waals surface area contributed by atoms with Crippen molar-refractivity contribution in [3.05, 3.63) is 59.7 Å². The molecule has 4 rings (SSSR count). The summed E-state index contributed by atoms with van der Waals surface area (Å²) in [4.78, 5) is 37.0. The standard InChI is InChI=1S/C28H34N2O5/c1-17(2)13-19(26(31)30-25(27(32)33)14-18-11-12-18)15-29-28(34)35-16-24-22-9-5-3-7-20(22)21-8-4-6-10-23(21)24/h3-10,17-19,24-25H,11-16H2,1-2H3,(H,29,34)(H,30,31)(H,32,33). The highest BCUT2D eigenvalue weighted by Gasteiger charge is 2.32. The van der Waals surface area contributed by atoms with E-state index in [2.05, 4.69) is 34.9 Å². The van der Waals surface area contributed by atoms with Gasteiger partial charge in [-0.05, 0) is 46.9 Å². The maximum atomic E-state index is 12.9. The van der Waals surface area contributed by atoms with E-state index in [1.807, 2.05) is 38.1 Å². The predicted octanol–water partition coefficient (Wildman–Crippen LogP) is 4.56. The summed E-state index contributed by atoms with van der Waals surface area (Å²) in [5.74, 6) is -1.34. The topological polar surface area (TPSA) is 105 Å². The van der Waals surface area contributed by atoms with Crippen molar-refractivity contribution in [2.45, 2.75) is 51.5 Å². The van der Waals surface area contributed by atoms with Gasteiger partial charge in [0.2, 0.25) is 5.91 Å². The van der Waals surface area contributed by atoms with Gasteiger partial charge in [-0.1, -0.05) is 75.2 Å². The van der Waals surface area contributed by atoms with Crippen molar-refractivity contribution in [1.82, 2.24) is 10.6 Å². The number of carbonyl (C=O) groups is 3. The number of hydrogen-bond acceptors (Lipinski definition) is 4. The minimum atomic E-state index is -1.02. The molecule has 1 saturated carbocycles. The van der Waals surface area contributed by atoms with Crippen LogP contribution in [0.1, 0.15) is 56.6 Å². The van der Waals surface area contributed by atoms with Crippen LogP contribution in [0.3, 0.4) is 0 Å². The lowest BCUT2D eigenvalue weighted by molar-refractivity contribution is -0.142. The van der Waals surface area contributed by atoms with Gasteiger partial charge in [-0.2, -0.15) is 0 Å². The first-order chi connectivity index (χ1) is 16.8. The SMILES string of the molecule is CC(C)CC(CNC(=O)OCC1c2ccccc2-c2ccccc21)C(=O)NC(CC1CC1)C(=O)O. The van der Waals surface area contributed by atoms with Crippen LogP contribution in [-0.4, -0.2) is 42.3 Å². The normalized spacial score (nSPS) is 16.2. The number of nitrogens with one attached hydrogen (secondary N) is 2. The molecule has 2 aliphatic carbocycles. The fourth-order valence-electron chi connectivity index (χ4n) is 4.91. The second-order valence-electron chi connectivity index (χ2n) is 10.1. The van der Waals surface area contributed by atoms with Crippen LogP contribution in [0.15, 0.2) is 48.5 Å². The summed E-state index contributed by atoms with van der Waals surface area (Å²) in [6.07, 6.45) is 2.43. The first-order valence-electron chi connectivity index (χ1n) is 12.5. The van der Waals surface area contributed by atoms with Gasteiger partial charge in [0.15, 0.2) is 0 Å². The molecule has 1 fully saturated rings. The summed E-state index contributed by atoms with van der Waals surface area (Å²) in [5.41, 5.74) is 4.58. The lowest BCUT2D eigenvalue weighted by atomic mass is 9.95. The summed E-state index contributed by atoms with van der Waals surface area (Å²) >= 11 is 0. The second kappa shape index (κ2) is 10.9. The molecular formula is C28H34N2O5. The zero-order valence-corrected chi connectivity index (χ0v) is 20.3. The third-order valence-electron chi connectivity index (χ3n) is 6.84. The van der Waals surface area contributed by atoms with Gasteiger partial charge in [0.05, 0.1) is 5.92 Å². The summed E-state index contributed by atoms with van der Waals surface area (Å²) in [7, 11) is 0. The molecule has 2 aromatic carbocycles. The zero-order chi connectivity index (χ0) is 24.9. The molecule has 2 unspecified atom stereocenters. The van der Waals surface area contributed by atoms with E-state index in [0.29, 0.717) is 18.8 Å². The molecular weight excluding hydrogens is 444 g/mol. The molecule has 0 heterocycles. The van der Waals surface area contributed by atoms with Crippen LogP contribution in [0.2, 0.25) is 0 Å². The maximum absolute atomic E-state index is 12.9. The highest BCUT2D eigenvalue weighted by atomic mass is 16.5. The lowest BCUT2D eigenvalue weighted by Crippen LogP contribution is -2.47. The van der Waals surface area contributed by atoms with E-state index in [1.54, 1.807) is 0 Å². The summed E-state index contributed by atoms with van der Waals surface area (Å²) in [5, 5.41) is 14.9. The molecule has 35 heavy (non-hydrogen) atoms. The Labute approximate surface area is 206 Å². The number of ether oxygens (including phenoxy) is 1. The largest absolute Gasteiger partial charge is 0.480 e. The van der Waals surface area contributed by atoms with Gasteiger partial charge in [-0.15, -0.1) is 0 Å². The molecule has 7 nitrogen and oxygen atoms in total. The number of fused-ring (bicyclic) bond motifs is 3. The lowest BCUT2D eigenvalue weighted by Gasteiger charge is -2.22. The number of amides is 2. The maximum Gasteiger partial charge on any atom is 0.407 e. The van der Waals surface area contributed by atoms with Gasteiger partial charge in [0.1, 0.15) is 12.6 Å². The van der Waals surface area contributed by atoms with Crippen LogP contribution in [0.25, 0.3) is 11.1 Å². The van der Waals surface area contributed by atoms with Crippen molar-refractivity contribution in [3.63, 3.8) is 0 Å². The molecule has 0 radical (unpaired) electrons. The smallest absolute Gasteiger partial charge is 0.407 e. The fourth-order valence-corrected chi connectivity index (χ4v) is 4.91. The van der Waals surface area contributed by atoms with Gasteiger partial charge in [0.25, 0.3) is 0 Å². The van der Waals surface area contributed by atoms with Crippen LogP contribution in [0, 0.1) is 17.8 Å². The summed E-state index contributed by atoms with van der Waals surface area (Å²) < 4.78 is 5.58. The van der Waals surface area contributed by atoms with Crippen LogP contribution in [0.5, 0.6) is 0 Å². The minimum Gasteiger partial charge on any atom is -0.480 e. The van der Waals surface area contributed by atoms with E-state index in [0.717, 1.165) is 35.1 Å². The number of alkyl carbamates (subject to hydrolysis) is 1. The molecule has 3 N–H and O–H groups in total. The number of carboxylic acid groups (broad SMARTS) is 1. The Kier molecular flexibility index (Phi) is 7.73. The molecule has 186 valence electrons. The summed E-state index contributed by atoms with van der Waals surface area (Å²) in [6, 6.07) is 15.4. The van der Waals surface area contributed by atoms with E-state index in [9.17, 15) is 19.5 Å². The second-order valence-corrected chi connectivity index (χ2v) is 10.1. The van der Waals surface area contributed by atoms with Crippen molar-refractivity contribution < 1.29 is 24.2 Å². The van der Waals surface area contributed by atoms with Crippen molar-refractivity contribution in [3.8, 4) is 11.1 Å².